The highest BCUT2D eigenvalue weighted by Crippen LogP contribution is 2.27. The van der Waals surface area contributed by atoms with Crippen molar-refractivity contribution in [3.05, 3.63) is 56.3 Å². The molecule has 1 fully saturated rings. The SMILES string of the molecule is CN(CCCO)C(=O)c1ccc(N2CCC(NS(=O)(=O)/C=C/c3ccc(Cl)s3)C2=O)c(F)c1. The molecule has 1 atom stereocenters. The number of nitrogens with one attached hydrogen (secondary N) is 1. The molecule has 33 heavy (non-hydrogen) atoms. The minimum atomic E-state index is -3.91. The van der Waals surface area contributed by atoms with Gasteiger partial charge in [-0.1, -0.05) is 11.6 Å². The summed E-state index contributed by atoms with van der Waals surface area (Å²) in [6.45, 7) is 0.376. The number of aliphatic hydroxyl groups excluding tert-OH is 1. The van der Waals surface area contributed by atoms with Crippen molar-refractivity contribution in [2.75, 3.05) is 31.6 Å². The Morgan fingerprint density at radius 1 is 1.39 bits per heavy atom. The molecular weight excluding hydrogens is 493 g/mol. The summed E-state index contributed by atoms with van der Waals surface area (Å²) in [7, 11) is -2.37. The number of amides is 2. The molecule has 1 aromatic carbocycles. The number of aliphatic hydroxyl groups is 1. The van der Waals surface area contributed by atoms with Crippen molar-refractivity contribution < 1.29 is 27.5 Å². The number of thiophene rings is 1. The molecule has 8 nitrogen and oxygen atoms in total. The third-order valence-corrected chi connectivity index (χ3v) is 7.31. The summed E-state index contributed by atoms with van der Waals surface area (Å²) < 4.78 is 42.3. The molecule has 2 amide bonds. The molecule has 1 unspecified atom stereocenters. The van der Waals surface area contributed by atoms with Gasteiger partial charge in [-0.2, -0.15) is 4.72 Å². The summed E-state index contributed by atoms with van der Waals surface area (Å²) in [5.74, 6) is -1.75. The zero-order chi connectivity index (χ0) is 24.2. The topological polar surface area (TPSA) is 107 Å². The number of anilines is 1. The molecule has 0 radical (unpaired) electrons. The molecule has 2 N–H and O–H groups in total. The maximum Gasteiger partial charge on any atom is 0.253 e. The van der Waals surface area contributed by atoms with Crippen LogP contribution in [0.2, 0.25) is 4.34 Å². The van der Waals surface area contributed by atoms with E-state index in [4.69, 9.17) is 16.7 Å². The monoisotopic (exact) mass is 515 g/mol. The number of rotatable bonds is 9. The second-order valence-electron chi connectivity index (χ2n) is 7.41. The predicted octanol–water partition coefficient (Wildman–Crippen LogP) is 2.69. The molecule has 3 rings (SSSR count). The molecule has 1 aromatic heterocycles. The maximum absolute atomic E-state index is 14.8. The number of hydrogen-bond donors (Lipinski definition) is 2. The summed E-state index contributed by atoms with van der Waals surface area (Å²) in [6, 6.07) is 6.07. The van der Waals surface area contributed by atoms with E-state index < -0.39 is 33.7 Å². The molecule has 2 heterocycles. The van der Waals surface area contributed by atoms with Gasteiger partial charge in [0.1, 0.15) is 11.9 Å². The van der Waals surface area contributed by atoms with E-state index in [-0.39, 0.29) is 30.8 Å². The van der Waals surface area contributed by atoms with Crippen molar-refractivity contribution >= 4 is 56.5 Å². The largest absolute Gasteiger partial charge is 0.396 e. The first-order valence-electron chi connectivity index (χ1n) is 10.0. The van der Waals surface area contributed by atoms with Crippen molar-refractivity contribution in [2.45, 2.75) is 18.9 Å². The van der Waals surface area contributed by atoms with Gasteiger partial charge in [0.05, 0.1) is 10.0 Å². The van der Waals surface area contributed by atoms with E-state index in [2.05, 4.69) is 4.72 Å². The van der Waals surface area contributed by atoms with Crippen LogP contribution in [-0.4, -0.2) is 63.0 Å². The molecule has 1 saturated heterocycles. The second kappa shape index (κ2) is 10.7. The number of sulfonamides is 1. The van der Waals surface area contributed by atoms with E-state index in [1.54, 1.807) is 19.2 Å². The molecule has 1 aliphatic rings. The van der Waals surface area contributed by atoms with Crippen LogP contribution < -0.4 is 9.62 Å². The molecule has 1 aliphatic heterocycles. The molecule has 0 saturated carbocycles. The van der Waals surface area contributed by atoms with Crippen LogP contribution in [0.15, 0.2) is 35.7 Å². The Balaban J connectivity index is 1.67. The average molecular weight is 516 g/mol. The van der Waals surface area contributed by atoms with Gasteiger partial charge >= 0.3 is 0 Å². The standard InChI is InChI=1S/C21H23ClFN3O5S2/c1-25(9-2-11-27)20(28)14-3-5-18(16(23)13-14)26-10-7-17(21(26)29)24-33(30,31)12-8-15-4-6-19(22)32-15/h3-6,8,12-13,17,24,27H,2,7,9-11H2,1H3/b12-8+. The number of nitrogens with zero attached hydrogens (tertiary/aromatic N) is 2. The predicted molar refractivity (Wildman–Crippen MR) is 126 cm³/mol. The third kappa shape index (κ3) is 6.39. The van der Waals surface area contributed by atoms with E-state index in [9.17, 15) is 22.4 Å². The molecule has 2 aromatic rings. The Labute approximate surface area is 200 Å². The number of carbonyl (C=O) groups is 2. The van der Waals surface area contributed by atoms with Crippen molar-refractivity contribution in [3.63, 3.8) is 0 Å². The van der Waals surface area contributed by atoms with Gasteiger partial charge in [0.15, 0.2) is 0 Å². The van der Waals surface area contributed by atoms with Crippen LogP contribution in [0.25, 0.3) is 6.08 Å². The van der Waals surface area contributed by atoms with Crippen molar-refractivity contribution in [1.29, 1.82) is 0 Å². The van der Waals surface area contributed by atoms with Gasteiger partial charge in [0, 0.05) is 42.6 Å². The Morgan fingerprint density at radius 3 is 2.79 bits per heavy atom. The summed E-state index contributed by atoms with van der Waals surface area (Å²) >= 11 is 7.04. The Kier molecular flexibility index (Phi) is 8.24. The number of hydrogen-bond acceptors (Lipinski definition) is 6. The van der Waals surface area contributed by atoms with Crippen LogP contribution in [0, 0.1) is 5.82 Å². The first-order valence-corrected chi connectivity index (χ1v) is 12.8. The average Bonchev–Trinajstić information content (AvgIpc) is 3.35. The van der Waals surface area contributed by atoms with Crippen LogP contribution in [0.3, 0.4) is 0 Å². The fourth-order valence-corrected chi connectivity index (χ4v) is 5.40. The summed E-state index contributed by atoms with van der Waals surface area (Å²) in [4.78, 5) is 28.3. The smallest absolute Gasteiger partial charge is 0.253 e. The third-order valence-electron chi connectivity index (χ3n) is 5.00. The minimum absolute atomic E-state index is 0.0278. The lowest BCUT2D eigenvalue weighted by atomic mass is 10.1. The maximum atomic E-state index is 14.8. The summed E-state index contributed by atoms with van der Waals surface area (Å²) in [5.41, 5.74) is 0.0828. The van der Waals surface area contributed by atoms with E-state index in [1.165, 1.54) is 34.4 Å². The molecule has 0 aliphatic carbocycles. The molecule has 0 spiro atoms. The van der Waals surface area contributed by atoms with Gasteiger partial charge in [-0.25, -0.2) is 12.8 Å². The lowest BCUT2D eigenvalue weighted by molar-refractivity contribution is -0.118. The zero-order valence-corrected chi connectivity index (χ0v) is 20.1. The van der Waals surface area contributed by atoms with Gasteiger partial charge in [-0.3, -0.25) is 9.59 Å². The van der Waals surface area contributed by atoms with E-state index in [0.29, 0.717) is 22.2 Å². The van der Waals surface area contributed by atoms with Crippen LogP contribution in [0.1, 0.15) is 28.1 Å². The highest BCUT2D eigenvalue weighted by molar-refractivity contribution is 7.92. The highest BCUT2D eigenvalue weighted by atomic mass is 35.5. The zero-order valence-electron chi connectivity index (χ0n) is 17.7. The Hall–Kier alpha value is -2.31. The molecular formula is C21H23ClFN3O5S2. The lowest BCUT2D eigenvalue weighted by Crippen LogP contribution is -2.41. The quantitative estimate of drug-likeness (QED) is 0.534. The second-order valence-corrected chi connectivity index (χ2v) is 10.8. The first kappa shape index (κ1) is 25.3. The van der Waals surface area contributed by atoms with E-state index in [1.807, 2.05) is 0 Å². The van der Waals surface area contributed by atoms with Crippen LogP contribution in [-0.2, 0) is 14.8 Å². The lowest BCUT2D eigenvalue weighted by Gasteiger charge is -2.20. The fraction of sp³-hybridized carbons (Fsp3) is 0.333. The molecule has 12 heteroatoms. The highest BCUT2D eigenvalue weighted by Gasteiger charge is 2.36. The summed E-state index contributed by atoms with van der Waals surface area (Å²) in [6.07, 6.45) is 1.95. The number of carbonyl (C=O) groups excluding carboxylic acids is 2. The fourth-order valence-electron chi connectivity index (χ4n) is 3.33. The Bertz CT molecular complexity index is 1170. The molecule has 0 bridgehead atoms. The van der Waals surface area contributed by atoms with Gasteiger partial charge in [0.25, 0.3) is 5.91 Å². The summed E-state index contributed by atoms with van der Waals surface area (Å²) in [5, 5.41) is 9.84. The number of halogens is 2. The van der Waals surface area contributed by atoms with Crippen LogP contribution >= 0.6 is 22.9 Å². The van der Waals surface area contributed by atoms with Gasteiger partial charge in [-0.05, 0) is 49.2 Å². The normalized spacial score (nSPS) is 16.7. The number of benzene rings is 1. The first-order chi connectivity index (χ1) is 15.6. The van der Waals surface area contributed by atoms with E-state index in [0.717, 1.165) is 16.4 Å². The van der Waals surface area contributed by atoms with Gasteiger partial charge in [0.2, 0.25) is 15.9 Å². The minimum Gasteiger partial charge on any atom is -0.396 e. The van der Waals surface area contributed by atoms with Gasteiger partial charge < -0.3 is 14.9 Å². The molecule has 178 valence electrons. The van der Waals surface area contributed by atoms with Crippen molar-refractivity contribution in [3.8, 4) is 0 Å². The van der Waals surface area contributed by atoms with Crippen LogP contribution in [0.5, 0.6) is 0 Å². The van der Waals surface area contributed by atoms with Crippen LogP contribution in [0.4, 0.5) is 10.1 Å². The Morgan fingerprint density at radius 2 is 2.15 bits per heavy atom. The van der Waals surface area contributed by atoms with E-state index >= 15 is 0 Å². The van der Waals surface area contributed by atoms with Gasteiger partial charge in [-0.15, -0.1) is 11.3 Å². The van der Waals surface area contributed by atoms with Crippen molar-refractivity contribution in [2.24, 2.45) is 0 Å². The van der Waals surface area contributed by atoms with Crippen molar-refractivity contribution in [1.82, 2.24) is 9.62 Å².